The Kier molecular flexibility index (Phi) is 11.1. The van der Waals surface area contributed by atoms with Crippen LogP contribution >= 0.6 is 37.2 Å². The standard InChI is InChI=1S/C14H25N5O.3ClH/c1-10(15)14(20)19-7-5-18(6-8-19)9-13-11(2)16-17(4)12(13)3;;;/h10H,5-9,15H2,1-4H3;3*1H/t10-;;;/m1.../s1. The van der Waals surface area contributed by atoms with Gasteiger partial charge in [-0.25, -0.2) is 0 Å². The van der Waals surface area contributed by atoms with Crippen molar-refractivity contribution in [3.05, 3.63) is 17.0 Å². The van der Waals surface area contributed by atoms with Crippen molar-refractivity contribution in [2.45, 2.75) is 33.4 Å². The van der Waals surface area contributed by atoms with Gasteiger partial charge in [-0.2, -0.15) is 5.10 Å². The van der Waals surface area contributed by atoms with Gasteiger partial charge >= 0.3 is 0 Å². The maximum atomic E-state index is 11.8. The van der Waals surface area contributed by atoms with E-state index in [1.165, 1.54) is 11.3 Å². The van der Waals surface area contributed by atoms with Crippen molar-refractivity contribution < 1.29 is 4.79 Å². The number of piperazine rings is 1. The molecule has 2 heterocycles. The molecule has 1 aliphatic rings. The molecule has 0 radical (unpaired) electrons. The minimum absolute atomic E-state index is 0. The lowest BCUT2D eigenvalue weighted by atomic mass is 10.1. The number of carbonyl (C=O) groups is 1. The van der Waals surface area contributed by atoms with Crippen molar-refractivity contribution in [3.8, 4) is 0 Å². The molecule has 2 N–H and O–H groups in total. The Balaban J connectivity index is 0. The van der Waals surface area contributed by atoms with Crippen molar-refractivity contribution >= 4 is 43.1 Å². The summed E-state index contributed by atoms with van der Waals surface area (Å²) < 4.78 is 1.93. The van der Waals surface area contributed by atoms with E-state index >= 15 is 0 Å². The predicted molar refractivity (Wildman–Crippen MR) is 99.9 cm³/mol. The van der Waals surface area contributed by atoms with E-state index < -0.39 is 6.04 Å². The molecule has 0 unspecified atom stereocenters. The monoisotopic (exact) mass is 387 g/mol. The second-order valence-electron chi connectivity index (χ2n) is 5.66. The Hall–Kier alpha value is -0.530. The molecule has 1 atom stereocenters. The van der Waals surface area contributed by atoms with Crippen molar-refractivity contribution in [3.63, 3.8) is 0 Å². The van der Waals surface area contributed by atoms with Gasteiger partial charge in [0.05, 0.1) is 11.7 Å². The molecule has 6 nitrogen and oxygen atoms in total. The van der Waals surface area contributed by atoms with Gasteiger partial charge in [-0.1, -0.05) is 0 Å². The molecule has 1 aromatic heterocycles. The molecule has 1 amide bonds. The third kappa shape index (κ3) is 5.80. The molecule has 0 bridgehead atoms. The molecular formula is C14H28Cl3N5O. The lowest BCUT2D eigenvalue weighted by Crippen LogP contribution is -2.52. The van der Waals surface area contributed by atoms with E-state index in [2.05, 4.69) is 23.8 Å². The average Bonchev–Trinajstić information content (AvgIpc) is 2.65. The third-order valence-electron chi connectivity index (χ3n) is 4.11. The number of halogens is 3. The van der Waals surface area contributed by atoms with Gasteiger partial charge in [-0.3, -0.25) is 14.4 Å². The molecule has 1 aliphatic heterocycles. The number of amides is 1. The van der Waals surface area contributed by atoms with Gasteiger partial charge in [-0.05, 0) is 20.8 Å². The fourth-order valence-corrected chi connectivity index (χ4v) is 2.68. The van der Waals surface area contributed by atoms with Gasteiger partial charge in [0.15, 0.2) is 0 Å². The summed E-state index contributed by atoms with van der Waals surface area (Å²) >= 11 is 0. The maximum Gasteiger partial charge on any atom is 0.239 e. The first kappa shape index (κ1) is 24.7. The number of aromatic nitrogens is 2. The van der Waals surface area contributed by atoms with E-state index in [4.69, 9.17) is 5.73 Å². The average molecular weight is 389 g/mol. The normalized spacial score (nSPS) is 16.0. The Morgan fingerprint density at radius 2 is 1.70 bits per heavy atom. The van der Waals surface area contributed by atoms with Crippen LogP contribution in [0.2, 0.25) is 0 Å². The predicted octanol–water partition coefficient (Wildman–Crippen LogP) is 1.29. The number of aryl methyl sites for hydroxylation is 2. The van der Waals surface area contributed by atoms with Gasteiger partial charge in [0, 0.05) is 51.0 Å². The van der Waals surface area contributed by atoms with Gasteiger partial charge in [0.2, 0.25) is 5.91 Å². The van der Waals surface area contributed by atoms with E-state index in [-0.39, 0.29) is 43.1 Å². The summed E-state index contributed by atoms with van der Waals surface area (Å²) in [7, 11) is 1.98. The van der Waals surface area contributed by atoms with E-state index in [0.29, 0.717) is 0 Å². The van der Waals surface area contributed by atoms with Crippen LogP contribution in [0.15, 0.2) is 0 Å². The first-order chi connectivity index (χ1) is 9.40. The maximum absolute atomic E-state index is 11.8. The fourth-order valence-electron chi connectivity index (χ4n) is 2.68. The van der Waals surface area contributed by atoms with E-state index in [1.54, 1.807) is 6.92 Å². The highest BCUT2D eigenvalue weighted by molar-refractivity contribution is 5.86. The van der Waals surface area contributed by atoms with Crippen molar-refractivity contribution in [2.24, 2.45) is 12.8 Å². The zero-order chi connectivity index (χ0) is 14.9. The quantitative estimate of drug-likeness (QED) is 0.847. The van der Waals surface area contributed by atoms with E-state index in [9.17, 15) is 4.79 Å². The van der Waals surface area contributed by atoms with Gasteiger partial charge in [-0.15, -0.1) is 37.2 Å². The SMILES string of the molecule is Cc1nn(C)c(C)c1CN1CCN(C(=O)[C@@H](C)N)CC1.Cl.Cl.Cl. The lowest BCUT2D eigenvalue weighted by molar-refractivity contribution is -0.134. The summed E-state index contributed by atoms with van der Waals surface area (Å²) in [5.74, 6) is 0.0541. The third-order valence-corrected chi connectivity index (χ3v) is 4.11. The van der Waals surface area contributed by atoms with E-state index in [0.717, 1.165) is 38.4 Å². The van der Waals surface area contributed by atoms with Crippen LogP contribution in [0.4, 0.5) is 0 Å². The molecule has 9 heteroatoms. The second kappa shape index (κ2) is 10.4. The molecule has 1 saturated heterocycles. The molecule has 0 aromatic carbocycles. The van der Waals surface area contributed by atoms with Gasteiger partial charge in [0.25, 0.3) is 0 Å². The lowest BCUT2D eigenvalue weighted by Gasteiger charge is -2.35. The molecule has 0 aliphatic carbocycles. The summed E-state index contributed by atoms with van der Waals surface area (Å²) in [6.07, 6.45) is 0. The minimum atomic E-state index is -0.399. The molecule has 136 valence electrons. The molecule has 2 rings (SSSR count). The van der Waals surface area contributed by atoms with Gasteiger partial charge in [0.1, 0.15) is 0 Å². The van der Waals surface area contributed by atoms with Crippen LogP contribution in [0.5, 0.6) is 0 Å². The van der Waals surface area contributed by atoms with Crippen LogP contribution in [-0.4, -0.2) is 57.7 Å². The molecule has 1 fully saturated rings. The van der Waals surface area contributed by atoms with Crippen molar-refractivity contribution in [1.82, 2.24) is 19.6 Å². The Morgan fingerprint density at radius 3 is 2.09 bits per heavy atom. The molecule has 23 heavy (non-hydrogen) atoms. The Morgan fingerprint density at radius 1 is 1.17 bits per heavy atom. The van der Waals surface area contributed by atoms with Crippen LogP contribution in [0.1, 0.15) is 23.9 Å². The number of carbonyl (C=O) groups excluding carboxylic acids is 1. The van der Waals surface area contributed by atoms with Crippen LogP contribution in [0, 0.1) is 13.8 Å². The minimum Gasteiger partial charge on any atom is -0.339 e. The van der Waals surface area contributed by atoms with Crippen LogP contribution < -0.4 is 5.73 Å². The van der Waals surface area contributed by atoms with Crippen LogP contribution in [0.3, 0.4) is 0 Å². The first-order valence-corrected chi connectivity index (χ1v) is 7.16. The number of hydrogen-bond donors (Lipinski definition) is 1. The summed E-state index contributed by atoms with van der Waals surface area (Å²) in [4.78, 5) is 16.1. The second-order valence-corrected chi connectivity index (χ2v) is 5.66. The summed E-state index contributed by atoms with van der Waals surface area (Å²) in [6, 6.07) is -0.399. The number of rotatable bonds is 3. The topological polar surface area (TPSA) is 67.4 Å². The number of nitrogens with two attached hydrogens (primary N) is 1. The number of hydrogen-bond acceptors (Lipinski definition) is 4. The van der Waals surface area contributed by atoms with Crippen molar-refractivity contribution in [2.75, 3.05) is 26.2 Å². The zero-order valence-corrected chi connectivity index (χ0v) is 16.6. The highest BCUT2D eigenvalue weighted by Crippen LogP contribution is 2.16. The smallest absolute Gasteiger partial charge is 0.239 e. The largest absolute Gasteiger partial charge is 0.339 e. The fraction of sp³-hybridized carbons (Fsp3) is 0.714. The highest BCUT2D eigenvalue weighted by atomic mass is 35.5. The number of nitrogens with zero attached hydrogens (tertiary/aromatic N) is 4. The summed E-state index contributed by atoms with van der Waals surface area (Å²) in [5.41, 5.74) is 9.27. The zero-order valence-electron chi connectivity index (χ0n) is 14.1. The van der Waals surface area contributed by atoms with E-state index in [1.807, 2.05) is 16.6 Å². The van der Waals surface area contributed by atoms with Crippen molar-refractivity contribution in [1.29, 1.82) is 0 Å². The molecule has 1 aromatic rings. The Bertz CT molecular complexity index is 499. The highest BCUT2D eigenvalue weighted by Gasteiger charge is 2.24. The summed E-state index contributed by atoms with van der Waals surface area (Å²) in [5, 5.41) is 4.45. The molecule has 0 spiro atoms. The molecule has 0 saturated carbocycles. The Labute approximate surface area is 157 Å². The van der Waals surface area contributed by atoms with Gasteiger partial charge < -0.3 is 10.6 Å². The molecular weight excluding hydrogens is 361 g/mol. The first-order valence-electron chi connectivity index (χ1n) is 7.16. The summed E-state index contributed by atoms with van der Waals surface area (Å²) in [6.45, 7) is 10.1. The van der Waals surface area contributed by atoms with Crippen LogP contribution in [0.25, 0.3) is 0 Å². The van der Waals surface area contributed by atoms with Crippen LogP contribution in [-0.2, 0) is 18.4 Å².